The number of hydrogen-bond acceptors (Lipinski definition) is 7. The summed E-state index contributed by atoms with van der Waals surface area (Å²) in [7, 11) is -4.27. The van der Waals surface area contributed by atoms with Gasteiger partial charge in [0.05, 0.1) is 28.4 Å². The van der Waals surface area contributed by atoms with Crippen LogP contribution in [-0.4, -0.2) is 43.9 Å². The van der Waals surface area contributed by atoms with Crippen LogP contribution in [0.3, 0.4) is 0 Å². The van der Waals surface area contributed by atoms with Crippen LogP contribution in [0, 0.1) is 20.8 Å². The molecule has 3 aromatic carbocycles. The molecule has 0 radical (unpaired) electrons. The minimum absolute atomic E-state index is 0.00453. The number of carbonyl (C=O) groups is 3. The molecule has 0 spiro atoms. The molecule has 11 nitrogen and oxygen atoms in total. The summed E-state index contributed by atoms with van der Waals surface area (Å²) in [6.07, 6.45) is 0.0727. The maximum Gasteiger partial charge on any atom is 0.294 e. The highest BCUT2D eigenvalue weighted by Gasteiger charge is 2.42. The number of amides is 3. The Morgan fingerprint density at radius 2 is 1.75 bits per heavy atom. The lowest BCUT2D eigenvalue weighted by Gasteiger charge is -2.37. The number of anilines is 3. The van der Waals surface area contributed by atoms with Gasteiger partial charge >= 0.3 is 0 Å². The number of nitrogens with zero attached hydrogens (tertiary/aromatic N) is 2. The normalized spacial score (nSPS) is 14.5. The van der Waals surface area contributed by atoms with Crippen molar-refractivity contribution in [1.29, 1.82) is 0 Å². The molecule has 1 aliphatic rings. The van der Waals surface area contributed by atoms with E-state index in [0.29, 0.717) is 39.6 Å². The molecule has 1 aliphatic heterocycles. The van der Waals surface area contributed by atoms with Gasteiger partial charge in [-0.15, -0.1) is 0 Å². The fourth-order valence-electron chi connectivity index (χ4n) is 4.88. The number of rotatable bonds is 9. The van der Waals surface area contributed by atoms with Crippen molar-refractivity contribution in [3.05, 3.63) is 99.9 Å². The molecule has 13 heteroatoms. The molecule has 1 aromatic heterocycles. The molecule has 228 valence electrons. The standard InChI is InChI=1S/C31H30ClN5O6S/c1-18-15-28(19(2)14-23(18)32)44(41,42)37-25-7-5-4-6-24(25)35-30(39)26(37)17-29(38)33-13-12-21-8-10-22(11-9-21)34-31(40)27-16-20(3)36-43-27/h4-11,14-16,26H,12-13,17H2,1-3H3,(H,33,38)(H,34,40)(H,35,39). The van der Waals surface area contributed by atoms with Gasteiger partial charge in [0.2, 0.25) is 17.6 Å². The lowest BCUT2D eigenvalue weighted by Crippen LogP contribution is -2.53. The van der Waals surface area contributed by atoms with Crippen molar-refractivity contribution in [2.75, 3.05) is 21.5 Å². The number of benzene rings is 3. The highest BCUT2D eigenvalue weighted by Crippen LogP contribution is 2.38. The Hall–Kier alpha value is -4.68. The molecule has 5 rings (SSSR count). The van der Waals surface area contributed by atoms with E-state index in [1.807, 2.05) is 12.1 Å². The van der Waals surface area contributed by atoms with E-state index in [4.69, 9.17) is 16.1 Å². The molecule has 0 saturated carbocycles. The van der Waals surface area contributed by atoms with Crippen LogP contribution in [0.25, 0.3) is 0 Å². The third-order valence-corrected chi connectivity index (χ3v) is 9.53. The fourth-order valence-corrected chi connectivity index (χ4v) is 7.03. The van der Waals surface area contributed by atoms with Gasteiger partial charge in [0.1, 0.15) is 6.04 Å². The maximum atomic E-state index is 14.1. The molecule has 3 N–H and O–H groups in total. The van der Waals surface area contributed by atoms with Gasteiger partial charge < -0.3 is 20.5 Å². The summed E-state index contributed by atoms with van der Waals surface area (Å²) in [6.45, 7) is 5.30. The van der Waals surface area contributed by atoms with E-state index in [9.17, 15) is 22.8 Å². The van der Waals surface area contributed by atoms with Crippen LogP contribution in [0.1, 0.15) is 39.4 Å². The van der Waals surface area contributed by atoms with Crippen LogP contribution >= 0.6 is 11.6 Å². The quantitative estimate of drug-likeness (QED) is 0.240. The summed E-state index contributed by atoms with van der Waals surface area (Å²) in [5, 5.41) is 12.4. The predicted molar refractivity (Wildman–Crippen MR) is 166 cm³/mol. The number of sulfonamides is 1. The lowest BCUT2D eigenvalue weighted by atomic mass is 10.1. The monoisotopic (exact) mass is 635 g/mol. The minimum Gasteiger partial charge on any atom is -0.356 e. The SMILES string of the molecule is Cc1cc(C(=O)Nc2ccc(CCNC(=O)CC3C(=O)Nc4ccccc4N3S(=O)(=O)c3cc(C)c(Cl)cc3C)cc2)on1. The average molecular weight is 636 g/mol. The van der Waals surface area contributed by atoms with Gasteiger partial charge in [-0.05, 0) is 80.3 Å². The fraction of sp³-hybridized carbons (Fsp3) is 0.226. The second kappa shape index (κ2) is 12.5. The average Bonchev–Trinajstić information content (AvgIpc) is 3.42. The number of aryl methyl sites for hydroxylation is 3. The van der Waals surface area contributed by atoms with Crippen molar-refractivity contribution in [2.24, 2.45) is 0 Å². The van der Waals surface area contributed by atoms with Crippen LogP contribution in [0.5, 0.6) is 0 Å². The van der Waals surface area contributed by atoms with E-state index in [2.05, 4.69) is 21.1 Å². The highest BCUT2D eigenvalue weighted by atomic mass is 35.5. The first-order valence-corrected chi connectivity index (χ1v) is 15.6. The van der Waals surface area contributed by atoms with E-state index in [1.165, 1.54) is 12.1 Å². The number of nitrogens with one attached hydrogen (secondary N) is 3. The first-order chi connectivity index (χ1) is 20.9. The van der Waals surface area contributed by atoms with Crippen molar-refractivity contribution in [3.63, 3.8) is 0 Å². The number of hydrogen-bond donors (Lipinski definition) is 3. The van der Waals surface area contributed by atoms with Gasteiger partial charge in [0, 0.05) is 23.3 Å². The van der Waals surface area contributed by atoms with Gasteiger partial charge in [-0.1, -0.05) is 41.0 Å². The van der Waals surface area contributed by atoms with Gasteiger partial charge in [-0.2, -0.15) is 0 Å². The molecule has 1 unspecified atom stereocenters. The predicted octanol–water partition coefficient (Wildman–Crippen LogP) is 4.77. The van der Waals surface area contributed by atoms with E-state index in [1.54, 1.807) is 63.2 Å². The Labute approximate surface area is 259 Å². The highest BCUT2D eigenvalue weighted by molar-refractivity contribution is 7.93. The first-order valence-electron chi connectivity index (χ1n) is 13.8. The van der Waals surface area contributed by atoms with Crippen LogP contribution in [0.15, 0.2) is 76.1 Å². The molecular formula is C31H30ClN5O6S. The van der Waals surface area contributed by atoms with E-state index in [-0.39, 0.29) is 22.9 Å². The second-order valence-electron chi connectivity index (χ2n) is 10.5. The molecule has 44 heavy (non-hydrogen) atoms. The van der Waals surface area contributed by atoms with Gasteiger partial charge in [0.15, 0.2) is 0 Å². The van der Waals surface area contributed by atoms with Crippen molar-refractivity contribution in [2.45, 2.75) is 44.6 Å². The summed E-state index contributed by atoms with van der Waals surface area (Å²) in [5.41, 5.74) is 3.64. The molecule has 0 saturated heterocycles. The summed E-state index contributed by atoms with van der Waals surface area (Å²) in [4.78, 5) is 38.5. The largest absolute Gasteiger partial charge is 0.356 e. The Morgan fingerprint density at radius 1 is 1.02 bits per heavy atom. The number of para-hydroxylation sites is 2. The number of fused-ring (bicyclic) bond motifs is 1. The Balaban J connectivity index is 1.27. The third kappa shape index (κ3) is 6.46. The van der Waals surface area contributed by atoms with Crippen molar-refractivity contribution >= 4 is 56.4 Å². The number of halogens is 1. The summed E-state index contributed by atoms with van der Waals surface area (Å²) < 4.78 is 34.2. The topological polar surface area (TPSA) is 151 Å². The van der Waals surface area contributed by atoms with Crippen LogP contribution in [0.4, 0.5) is 17.1 Å². The summed E-state index contributed by atoms with van der Waals surface area (Å²) in [6, 6.07) is 16.9. The van der Waals surface area contributed by atoms with Crippen LogP contribution in [-0.2, 0) is 26.0 Å². The lowest BCUT2D eigenvalue weighted by molar-refractivity contribution is -0.125. The number of aromatic nitrogens is 1. The molecule has 0 aliphatic carbocycles. The summed E-state index contributed by atoms with van der Waals surface area (Å²) in [5.74, 6) is -1.41. The summed E-state index contributed by atoms with van der Waals surface area (Å²) >= 11 is 6.22. The minimum atomic E-state index is -4.27. The van der Waals surface area contributed by atoms with Crippen molar-refractivity contribution in [3.8, 4) is 0 Å². The molecule has 0 fully saturated rings. The van der Waals surface area contributed by atoms with Gasteiger partial charge in [0.25, 0.3) is 15.9 Å². The van der Waals surface area contributed by atoms with Crippen LogP contribution in [0.2, 0.25) is 5.02 Å². The molecule has 1 atom stereocenters. The van der Waals surface area contributed by atoms with E-state index < -0.39 is 40.2 Å². The molecule has 4 aromatic rings. The first kappa shape index (κ1) is 30.8. The molecule has 0 bridgehead atoms. The second-order valence-corrected chi connectivity index (χ2v) is 12.7. The Morgan fingerprint density at radius 3 is 2.45 bits per heavy atom. The van der Waals surface area contributed by atoms with Gasteiger partial charge in [-0.3, -0.25) is 18.7 Å². The zero-order valence-corrected chi connectivity index (χ0v) is 25.8. The van der Waals surface area contributed by atoms with Gasteiger partial charge in [-0.25, -0.2) is 8.42 Å². The van der Waals surface area contributed by atoms with E-state index in [0.717, 1.165) is 9.87 Å². The third-order valence-electron chi connectivity index (χ3n) is 7.16. The van der Waals surface area contributed by atoms with Crippen molar-refractivity contribution < 1.29 is 27.3 Å². The Kier molecular flexibility index (Phi) is 8.75. The van der Waals surface area contributed by atoms with E-state index >= 15 is 0 Å². The maximum absolute atomic E-state index is 14.1. The molecule has 2 heterocycles. The molecule has 3 amide bonds. The zero-order chi connectivity index (χ0) is 31.6. The molecular weight excluding hydrogens is 606 g/mol. The smallest absolute Gasteiger partial charge is 0.294 e. The zero-order valence-electron chi connectivity index (χ0n) is 24.2. The Bertz CT molecular complexity index is 1860. The van der Waals surface area contributed by atoms with Crippen LogP contribution < -0.4 is 20.3 Å². The van der Waals surface area contributed by atoms with Crippen molar-refractivity contribution in [1.82, 2.24) is 10.5 Å². The number of carbonyl (C=O) groups excluding carboxylic acids is 3.